The molecule has 0 aliphatic heterocycles. The molecule has 3 nitrogen and oxygen atoms in total. The number of nitrogens with zero attached hydrogens (tertiary/aromatic N) is 3. The zero-order chi connectivity index (χ0) is 13.0. The molecule has 0 N–H and O–H groups in total. The smallest absolute Gasteiger partial charge is 0.251 e. The van der Waals surface area contributed by atoms with Gasteiger partial charge < -0.3 is 0 Å². The summed E-state index contributed by atoms with van der Waals surface area (Å²) in [6.45, 7) is 2.44. The lowest BCUT2D eigenvalue weighted by atomic mass is 10.3. The van der Waals surface area contributed by atoms with Crippen molar-refractivity contribution in [3.05, 3.63) is 15.9 Å². The molecule has 0 saturated carbocycles. The minimum absolute atomic E-state index is 0.274. The standard InChI is InChI=1S/C10H15BrClF2N3/c1-7-10(11)8(16(2)15-7)5-17(4-3-12)6-9(13)14/h9H,3-6H2,1-2H3. The van der Waals surface area contributed by atoms with E-state index in [0.717, 1.165) is 15.9 Å². The lowest BCUT2D eigenvalue weighted by molar-refractivity contribution is 0.0866. The predicted molar refractivity (Wildman–Crippen MR) is 67.6 cm³/mol. The average Bonchev–Trinajstić information content (AvgIpc) is 2.44. The summed E-state index contributed by atoms with van der Waals surface area (Å²) in [7, 11) is 1.80. The molecular weight excluding hydrogens is 315 g/mol. The van der Waals surface area contributed by atoms with E-state index in [1.807, 2.05) is 6.92 Å². The fourth-order valence-electron chi connectivity index (χ4n) is 1.61. The first kappa shape index (κ1) is 14.9. The highest BCUT2D eigenvalue weighted by molar-refractivity contribution is 9.10. The lowest BCUT2D eigenvalue weighted by Crippen LogP contribution is -2.31. The summed E-state index contributed by atoms with van der Waals surface area (Å²) in [5.74, 6) is 0.334. The van der Waals surface area contributed by atoms with Gasteiger partial charge in [0.2, 0.25) is 0 Å². The first-order valence-corrected chi connectivity index (χ1v) is 6.53. The molecule has 0 aliphatic rings. The van der Waals surface area contributed by atoms with Crippen molar-refractivity contribution >= 4 is 27.5 Å². The summed E-state index contributed by atoms with van der Waals surface area (Å²) in [5, 5.41) is 4.23. The lowest BCUT2D eigenvalue weighted by Gasteiger charge is -2.20. The second kappa shape index (κ2) is 6.66. The molecule has 0 aliphatic carbocycles. The molecule has 1 aromatic heterocycles. The Morgan fingerprint density at radius 3 is 2.59 bits per heavy atom. The molecule has 0 unspecified atom stereocenters. The molecule has 0 saturated heterocycles. The van der Waals surface area contributed by atoms with E-state index in [9.17, 15) is 8.78 Å². The van der Waals surface area contributed by atoms with E-state index >= 15 is 0 Å². The summed E-state index contributed by atoms with van der Waals surface area (Å²) in [6.07, 6.45) is -2.36. The van der Waals surface area contributed by atoms with Crippen LogP contribution in [-0.2, 0) is 13.6 Å². The molecule has 1 rings (SSSR count). The average molecular weight is 331 g/mol. The third kappa shape index (κ3) is 4.19. The Hall–Kier alpha value is -0.200. The van der Waals surface area contributed by atoms with Crippen molar-refractivity contribution < 1.29 is 8.78 Å². The van der Waals surface area contributed by atoms with E-state index < -0.39 is 6.43 Å². The zero-order valence-corrected chi connectivity index (χ0v) is 12.1. The zero-order valence-electron chi connectivity index (χ0n) is 9.76. The fourth-order valence-corrected chi connectivity index (χ4v) is 2.31. The molecule has 0 fully saturated rings. The molecule has 17 heavy (non-hydrogen) atoms. The molecule has 7 heteroatoms. The van der Waals surface area contributed by atoms with Crippen molar-refractivity contribution in [1.29, 1.82) is 0 Å². The maximum atomic E-state index is 12.4. The highest BCUT2D eigenvalue weighted by atomic mass is 79.9. The van der Waals surface area contributed by atoms with E-state index in [4.69, 9.17) is 11.6 Å². The Balaban J connectivity index is 2.78. The Kier molecular flexibility index (Phi) is 5.82. The molecule has 0 radical (unpaired) electrons. The maximum Gasteiger partial charge on any atom is 0.251 e. The minimum atomic E-state index is -2.36. The van der Waals surface area contributed by atoms with E-state index in [-0.39, 0.29) is 6.54 Å². The molecular formula is C10H15BrClF2N3. The number of halogens is 4. The van der Waals surface area contributed by atoms with Crippen LogP contribution in [0.25, 0.3) is 0 Å². The van der Waals surface area contributed by atoms with E-state index in [1.54, 1.807) is 16.6 Å². The molecule has 98 valence electrons. The van der Waals surface area contributed by atoms with Crippen molar-refractivity contribution in [2.75, 3.05) is 19.0 Å². The Morgan fingerprint density at radius 1 is 1.53 bits per heavy atom. The van der Waals surface area contributed by atoms with Gasteiger partial charge in [0.1, 0.15) is 0 Å². The Labute approximate surface area is 113 Å². The van der Waals surface area contributed by atoms with Gasteiger partial charge in [-0.25, -0.2) is 8.78 Å². The van der Waals surface area contributed by atoms with Crippen LogP contribution in [0.5, 0.6) is 0 Å². The highest BCUT2D eigenvalue weighted by Gasteiger charge is 2.17. The molecule has 0 spiro atoms. The van der Waals surface area contributed by atoms with Crippen LogP contribution < -0.4 is 0 Å². The van der Waals surface area contributed by atoms with Crippen LogP contribution in [-0.4, -0.2) is 40.1 Å². The van der Waals surface area contributed by atoms with Crippen molar-refractivity contribution in [1.82, 2.24) is 14.7 Å². The molecule has 0 atom stereocenters. The second-order valence-corrected chi connectivity index (χ2v) is 4.96. The largest absolute Gasteiger partial charge is 0.291 e. The van der Waals surface area contributed by atoms with Gasteiger partial charge in [-0.1, -0.05) is 0 Å². The molecule has 0 bridgehead atoms. The van der Waals surface area contributed by atoms with Crippen molar-refractivity contribution in [2.24, 2.45) is 7.05 Å². The SMILES string of the molecule is Cc1nn(C)c(CN(CCCl)CC(F)F)c1Br. The van der Waals surface area contributed by atoms with Crippen LogP contribution in [0.15, 0.2) is 4.47 Å². The van der Waals surface area contributed by atoms with E-state index in [0.29, 0.717) is 19.0 Å². The monoisotopic (exact) mass is 329 g/mol. The third-order valence-electron chi connectivity index (χ3n) is 2.43. The second-order valence-electron chi connectivity index (χ2n) is 3.78. The summed E-state index contributed by atoms with van der Waals surface area (Å²) >= 11 is 9.03. The first-order valence-electron chi connectivity index (χ1n) is 5.20. The van der Waals surface area contributed by atoms with Gasteiger partial charge in [-0.3, -0.25) is 9.58 Å². The Morgan fingerprint density at radius 2 is 2.18 bits per heavy atom. The summed E-state index contributed by atoms with van der Waals surface area (Å²) < 4.78 is 27.4. The normalized spacial score (nSPS) is 11.8. The predicted octanol–water partition coefficient (Wildman–Crippen LogP) is 2.80. The van der Waals surface area contributed by atoms with Crippen LogP contribution in [0.3, 0.4) is 0 Å². The number of rotatable bonds is 6. The number of alkyl halides is 3. The van der Waals surface area contributed by atoms with Crippen molar-refractivity contribution in [3.63, 3.8) is 0 Å². The topological polar surface area (TPSA) is 21.1 Å². The first-order chi connectivity index (χ1) is 7.95. The molecule has 0 aromatic carbocycles. The molecule has 1 heterocycles. The van der Waals surface area contributed by atoms with Crippen LogP contribution >= 0.6 is 27.5 Å². The molecule has 1 aromatic rings. The van der Waals surface area contributed by atoms with Gasteiger partial charge in [0.05, 0.1) is 22.4 Å². The maximum absolute atomic E-state index is 12.4. The van der Waals surface area contributed by atoms with E-state index in [2.05, 4.69) is 21.0 Å². The summed E-state index contributed by atoms with van der Waals surface area (Å²) in [5.41, 5.74) is 1.73. The van der Waals surface area contributed by atoms with E-state index in [1.165, 1.54) is 0 Å². The van der Waals surface area contributed by atoms with Gasteiger partial charge in [0, 0.05) is 26.0 Å². The number of hydrogen-bond acceptors (Lipinski definition) is 2. The van der Waals surface area contributed by atoms with Crippen LogP contribution in [0, 0.1) is 6.92 Å². The highest BCUT2D eigenvalue weighted by Crippen LogP contribution is 2.21. The van der Waals surface area contributed by atoms with Crippen LogP contribution in [0.2, 0.25) is 0 Å². The van der Waals surface area contributed by atoms with Crippen molar-refractivity contribution in [3.8, 4) is 0 Å². The minimum Gasteiger partial charge on any atom is -0.291 e. The molecule has 0 amide bonds. The third-order valence-corrected chi connectivity index (χ3v) is 3.63. The van der Waals surface area contributed by atoms with Gasteiger partial charge in [-0.05, 0) is 22.9 Å². The number of aromatic nitrogens is 2. The fraction of sp³-hybridized carbons (Fsp3) is 0.700. The van der Waals surface area contributed by atoms with Gasteiger partial charge in [0.25, 0.3) is 6.43 Å². The van der Waals surface area contributed by atoms with Crippen LogP contribution in [0.1, 0.15) is 11.4 Å². The van der Waals surface area contributed by atoms with Crippen LogP contribution in [0.4, 0.5) is 8.78 Å². The van der Waals surface area contributed by atoms with Crippen molar-refractivity contribution in [2.45, 2.75) is 19.9 Å². The van der Waals surface area contributed by atoms with Gasteiger partial charge in [0.15, 0.2) is 0 Å². The summed E-state index contributed by atoms with van der Waals surface area (Å²) in [6, 6.07) is 0. The summed E-state index contributed by atoms with van der Waals surface area (Å²) in [4.78, 5) is 1.62. The van der Waals surface area contributed by atoms with Gasteiger partial charge in [-0.2, -0.15) is 5.10 Å². The van der Waals surface area contributed by atoms with Gasteiger partial charge in [-0.15, -0.1) is 11.6 Å². The quantitative estimate of drug-likeness (QED) is 0.748. The Bertz CT molecular complexity index is 371. The van der Waals surface area contributed by atoms with Gasteiger partial charge >= 0.3 is 0 Å². The number of hydrogen-bond donors (Lipinski definition) is 0. The number of aryl methyl sites for hydroxylation is 2.